The lowest BCUT2D eigenvalue weighted by Crippen LogP contribution is -2.44. The van der Waals surface area contributed by atoms with Crippen molar-refractivity contribution in [2.45, 2.75) is 6.54 Å². The molecule has 1 aliphatic rings. The van der Waals surface area contributed by atoms with E-state index >= 15 is 0 Å². The van der Waals surface area contributed by atoms with Gasteiger partial charge in [0.25, 0.3) is 0 Å². The Bertz CT molecular complexity index is 1210. The van der Waals surface area contributed by atoms with Crippen LogP contribution in [0.5, 0.6) is 5.75 Å². The minimum atomic E-state index is 0.638. The summed E-state index contributed by atoms with van der Waals surface area (Å²) in [6, 6.07) is 16.4. The molecule has 3 aromatic heterocycles. The first-order valence-electron chi connectivity index (χ1n) is 10.8. The van der Waals surface area contributed by atoms with Crippen molar-refractivity contribution in [3.8, 4) is 16.9 Å². The molecule has 4 aromatic rings. The molecule has 1 fully saturated rings. The number of nitrogens with one attached hydrogen (secondary N) is 1. The van der Waals surface area contributed by atoms with E-state index in [1.165, 1.54) is 0 Å². The molecule has 164 valence electrons. The Morgan fingerprint density at radius 1 is 1.03 bits per heavy atom. The van der Waals surface area contributed by atoms with Crippen LogP contribution in [0.4, 0.5) is 11.6 Å². The maximum absolute atomic E-state index is 5.47. The largest absolute Gasteiger partial charge is 0.496 e. The van der Waals surface area contributed by atoms with Crippen LogP contribution in [-0.4, -0.2) is 64.8 Å². The van der Waals surface area contributed by atoms with E-state index in [1.54, 1.807) is 13.4 Å². The van der Waals surface area contributed by atoms with Gasteiger partial charge in [-0.3, -0.25) is 4.40 Å². The lowest BCUT2D eigenvalue weighted by molar-refractivity contribution is 0.312. The zero-order valence-electron chi connectivity index (χ0n) is 18.4. The first-order chi connectivity index (χ1) is 15.7. The molecule has 1 N–H and O–H groups in total. The average molecular weight is 430 g/mol. The van der Waals surface area contributed by atoms with E-state index in [0.717, 1.165) is 65.9 Å². The Kier molecular flexibility index (Phi) is 5.60. The zero-order valence-corrected chi connectivity index (χ0v) is 18.4. The van der Waals surface area contributed by atoms with Crippen LogP contribution in [0.1, 0.15) is 5.56 Å². The number of pyridine rings is 2. The van der Waals surface area contributed by atoms with E-state index in [1.807, 2.05) is 34.9 Å². The normalized spacial score (nSPS) is 14.6. The fourth-order valence-corrected chi connectivity index (χ4v) is 4.11. The smallest absolute Gasteiger partial charge is 0.170 e. The number of fused-ring (bicyclic) bond motifs is 1. The topological polar surface area (TPSA) is 70.8 Å². The average Bonchev–Trinajstić information content (AvgIpc) is 3.33. The number of aromatic nitrogens is 4. The van der Waals surface area contributed by atoms with Gasteiger partial charge < -0.3 is 19.9 Å². The molecular formula is C24H27N7O. The molecule has 0 spiro atoms. The number of methoxy groups -OCH3 is 1. The van der Waals surface area contributed by atoms with Crippen molar-refractivity contribution in [1.82, 2.24) is 24.5 Å². The minimum absolute atomic E-state index is 0.638. The van der Waals surface area contributed by atoms with Crippen molar-refractivity contribution in [3.63, 3.8) is 0 Å². The van der Waals surface area contributed by atoms with Crippen LogP contribution < -0.4 is 15.0 Å². The highest BCUT2D eigenvalue weighted by Crippen LogP contribution is 2.29. The molecule has 0 aliphatic carbocycles. The summed E-state index contributed by atoms with van der Waals surface area (Å²) >= 11 is 0. The molecule has 0 radical (unpaired) electrons. The summed E-state index contributed by atoms with van der Waals surface area (Å²) in [5.74, 6) is 2.80. The van der Waals surface area contributed by atoms with Crippen LogP contribution in [0, 0.1) is 0 Å². The quantitative estimate of drug-likeness (QED) is 0.505. The lowest BCUT2D eigenvalue weighted by atomic mass is 10.1. The Labute approximate surface area is 187 Å². The summed E-state index contributed by atoms with van der Waals surface area (Å²) in [5.41, 5.74) is 4.02. The van der Waals surface area contributed by atoms with E-state index in [2.05, 4.69) is 61.6 Å². The molecule has 32 heavy (non-hydrogen) atoms. The maximum atomic E-state index is 5.47. The number of hydrogen-bond donors (Lipinski definition) is 1. The van der Waals surface area contributed by atoms with Crippen LogP contribution in [0.2, 0.25) is 0 Å². The van der Waals surface area contributed by atoms with Crippen molar-refractivity contribution >= 4 is 17.3 Å². The van der Waals surface area contributed by atoms with Gasteiger partial charge in [-0.1, -0.05) is 18.2 Å². The molecule has 0 atom stereocenters. The van der Waals surface area contributed by atoms with Gasteiger partial charge in [0.2, 0.25) is 0 Å². The second-order valence-corrected chi connectivity index (χ2v) is 8.02. The molecule has 0 bridgehead atoms. The van der Waals surface area contributed by atoms with E-state index < -0.39 is 0 Å². The zero-order chi connectivity index (χ0) is 21.9. The molecule has 4 heterocycles. The molecule has 0 amide bonds. The number of hydrogen-bond acceptors (Lipinski definition) is 7. The molecule has 5 rings (SSSR count). The van der Waals surface area contributed by atoms with Gasteiger partial charge in [-0.05, 0) is 42.9 Å². The van der Waals surface area contributed by atoms with Crippen molar-refractivity contribution in [2.24, 2.45) is 0 Å². The molecule has 1 saturated heterocycles. The predicted octanol–water partition coefficient (Wildman–Crippen LogP) is 3.16. The monoisotopic (exact) mass is 429 g/mol. The van der Waals surface area contributed by atoms with Gasteiger partial charge in [-0.2, -0.15) is 0 Å². The summed E-state index contributed by atoms with van der Waals surface area (Å²) in [7, 11) is 3.85. The molecule has 8 nitrogen and oxygen atoms in total. The number of ether oxygens (including phenoxy) is 1. The van der Waals surface area contributed by atoms with Crippen LogP contribution >= 0.6 is 0 Å². The van der Waals surface area contributed by atoms with Gasteiger partial charge in [0.15, 0.2) is 5.65 Å². The van der Waals surface area contributed by atoms with Gasteiger partial charge in [-0.25, -0.2) is 4.98 Å². The van der Waals surface area contributed by atoms with E-state index in [4.69, 9.17) is 4.74 Å². The number of para-hydroxylation sites is 1. The van der Waals surface area contributed by atoms with Gasteiger partial charge in [0.05, 0.1) is 7.11 Å². The summed E-state index contributed by atoms with van der Waals surface area (Å²) in [6.45, 7) is 4.71. The van der Waals surface area contributed by atoms with Gasteiger partial charge in [0.1, 0.15) is 23.7 Å². The maximum Gasteiger partial charge on any atom is 0.170 e. The van der Waals surface area contributed by atoms with Gasteiger partial charge in [-0.15, -0.1) is 10.2 Å². The highest BCUT2D eigenvalue weighted by molar-refractivity contribution is 5.80. The number of rotatable bonds is 6. The Hall–Kier alpha value is -3.65. The number of likely N-dealkylation sites (N-methyl/N-ethyl adjacent to an activating group) is 1. The van der Waals surface area contributed by atoms with Crippen molar-refractivity contribution in [1.29, 1.82) is 0 Å². The van der Waals surface area contributed by atoms with Crippen LogP contribution in [-0.2, 0) is 6.54 Å². The van der Waals surface area contributed by atoms with Gasteiger partial charge >= 0.3 is 0 Å². The second-order valence-electron chi connectivity index (χ2n) is 8.02. The van der Waals surface area contributed by atoms with Crippen LogP contribution in [0.25, 0.3) is 16.8 Å². The fourth-order valence-electron chi connectivity index (χ4n) is 4.11. The fraction of sp³-hybridized carbons (Fsp3) is 0.292. The van der Waals surface area contributed by atoms with Gasteiger partial charge in [0, 0.05) is 50.0 Å². The van der Waals surface area contributed by atoms with E-state index in [-0.39, 0.29) is 0 Å². The van der Waals surface area contributed by atoms with Crippen molar-refractivity contribution in [3.05, 3.63) is 66.6 Å². The lowest BCUT2D eigenvalue weighted by Gasteiger charge is -2.33. The standard InChI is InChI=1S/C24H27N7O/c1-29-11-13-30(14-12-29)23-15-18(9-10-25-23)20-7-8-22(31-17-27-28-24(20)31)26-16-19-5-3-4-6-21(19)32-2/h3-10,15,17,26H,11-14,16H2,1-2H3. The third kappa shape index (κ3) is 3.97. The molecule has 8 heteroatoms. The number of anilines is 2. The first kappa shape index (κ1) is 20.3. The highest BCUT2D eigenvalue weighted by atomic mass is 16.5. The summed E-state index contributed by atoms with van der Waals surface area (Å²) < 4.78 is 7.45. The summed E-state index contributed by atoms with van der Waals surface area (Å²) in [5, 5.41) is 12.1. The summed E-state index contributed by atoms with van der Waals surface area (Å²) in [4.78, 5) is 9.30. The highest BCUT2D eigenvalue weighted by Gasteiger charge is 2.17. The number of nitrogens with zero attached hydrogens (tertiary/aromatic N) is 6. The first-order valence-corrected chi connectivity index (χ1v) is 10.8. The molecule has 1 aliphatic heterocycles. The molecule has 1 aromatic carbocycles. The van der Waals surface area contributed by atoms with Crippen molar-refractivity contribution < 1.29 is 4.74 Å². The van der Waals surface area contributed by atoms with Crippen LogP contribution in [0.15, 0.2) is 61.1 Å². The Morgan fingerprint density at radius 2 is 1.88 bits per heavy atom. The molecular weight excluding hydrogens is 402 g/mol. The molecule has 0 unspecified atom stereocenters. The molecule has 0 saturated carbocycles. The number of benzene rings is 1. The Balaban J connectivity index is 1.42. The second kappa shape index (κ2) is 8.84. The van der Waals surface area contributed by atoms with Crippen LogP contribution in [0.3, 0.4) is 0 Å². The third-order valence-electron chi connectivity index (χ3n) is 5.99. The van der Waals surface area contributed by atoms with E-state index in [0.29, 0.717) is 6.54 Å². The summed E-state index contributed by atoms with van der Waals surface area (Å²) in [6.07, 6.45) is 3.62. The predicted molar refractivity (Wildman–Crippen MR) is 126 cm³/mol. The minimum Gasteiger partial charge on any atom is -0.496 e. The Morgan fingerprint density at radius 3 is 2.72 bits per heavy atom. The number of piperazine rings is 1. The van der Waals surface area contributed by atoms with Crippen molar-refractivity contribution in [2.75, 3.05) is 50.6 Å². The third-order valence-corrected chi connectivity index (χ3v) is 5.99. The van der Waals surface area contributed by atoms with E-state index in [9.17, 15) is 0 Å². The SMILES string of the molecule is COc1ccccc1CNc1ccc(-c2ccnc(N3CCN(C)CC3)c2)c2nncn12.